The summed E-state index contributed by atoms with van der Waals surface area (Å²) in [5, 5.41) is 12.9. The molecule has 1 saturated carbocycles. The fourth-order valence-corrected chi connectivity index (χ4v) is 7.26. The van der Waals surface area contributed by atoms with Gasteiger partial charge in [0.25, 0.3) is 0 Å². The number of carbonyl (C=O) groups excluding carboxylic acids is 2. The number of amides is 2. The molecule has 0 spiro atoms. The van der Waals surface area contributed by atoms with E-state index in [0.29, 0.717) is 0 Å². The molecule has 3 aliphatic rings. The van der Waals surface area contributed by atoms with Gasteiger partial charge in [-0.1, -0.05) is 66.2 Å². The van der Waals surface area contributed by atoms with Crippen LogP contribution in [0.2, 0.25) is 0 Å². The molecule has 3 aromatic carbocycles. The number of hydrogen-bond donors (Lipinski definition) is 2. The van der Waals surface area contributed by atoms with Crippen molar-refractivity contribution in [2.24, 2.45) is 0 Å². The number of aliphatic hydroxyl groups is 1. The van der Waals surface area contributed by atoms with Gasteiger partial charge < -0.3 is 15.3 Å². The number of fused-ring (bicyclic) bond motifs is 1. The Balaban J connectivity index is 1.46. The van der Waals surface area contributed by atoms with Gasteiger partial charge in [-0.3, -0.25) is 9.59 Å². The second kappa shape index (κ2) is 9.66. The second-order valence-corrected chi connectivity index (χ2v) is 12.1. The summed E-state index contributed by atoms with van der Waals surface area (Å²) in [7, 11) is 0. The number of aryl methyl sites for hydroxylation is 1. The summed E-state index contributed by atoms with van der Waals surface area (Å²) in [5.41, 5.74) is 5.46. The number of nitrogens with one attached hydrogen (secondary N) is 1. The highest BCUT2D eigenvalue weighted by Crippen LogP contribution is 2.54. The predicted molar refractivity (Wildman–Crippen MR) is 145 cm³/mol. The molecular formula is C31H32N2O3S. The van der Waals surface area contributed by atoms with E-state index in [-0.39, 0.29) is 36.9 Å². The van der Waals surface area contributed by atoms with Gasteiger partial charge in [0.15, 0.2) is 0 Å². The van der Waals surface area contributed by atoms with Crippen molar-refractivity contribution in [3.05, 3.63) is 101 Å². The zero-order valence-corrected chi connectivity index (χ0v) is 21.8. The molecule has 2 aliphatic carbocycles. The average molecular weight is 513 g/mol. The molecule has 2 N–H and O–H groups in total. The van der Waals surface area contributed by atoms with Gasteiger partial charge in [-0.05, 0) is 67.0 Å². The molecule has 0 radical (unpaired) electrons. The van der Waals surface area contributed by atoms with Gasteiger partial charge in [0, 0.05) is 17.0 Å². The minimum Gasteiger partial charge on any atom is -0.392 e. The van der Waals surface area contributed by atoms with Crippen molar-refractivity contribution < 1.29 is 14.7 Å². The van der Waals surface area contributed by atoms with Crippen LogP contribution in [-0.2, 0) is 29.0 Å². The summed E-state index contributed by atoms with van der Waals surface area (Å²) in [6.45, 7) is 2.01. The molecule has 2 fully saturated rings. The normalized spacial score (nSPS) is 23.4. The van der Waals surface area contributed by atoms with E-state index < -0.39 is 10.8 Å². The van der Waals surface area contributed by atoms with Crippen LogP contribution < -0.4 is 5.32 Å². The van der Waals surface area contributed by atoms with Crippen LogP contribution >= 0.6 is 11.8 Å². The Morgan fingerprint density at radius 3 is 2.24 bits per heavy atom. The number of nitrogens with zero attached hydrogens (tertiary/aromatic N) is 1. The fraction of sp³-hybridized carbons (Fsp3) is 0.355. The van der Waals surface area contributed by atoms with E-state index >= 15 is 0 Å². The molecular weight excluding hydrogens is 480 g/mol. The van der Waals surface area contributed by atoms with Gasteiger partial charge in [0.1, 0.15) is 4.75 Å². The lowest BCUT2D eigenvalue weighted by molar-refractivity contribution is -0.131. The van der Waals surface area contributed by atoms with Crippen LogP contribution in [0.5, 0.6) is 0 Å². The Labute approximate surface area is 222 Å². The van der Waals surface area contributed by atoms with E-state index in [1.807, 2.05) is 36.1 Å². The summed E-state index contributed by atoms with van der Waals surface area (Å²) in [5.74, 6) is -0.0252. The van der Waals surface area contributed by atoms with E-state index in [0.717, 1.165) is 47.3 Å². The lowest BCUT2D eigenvalue weighted by atomic mass is 9.90. The van der Waals surface area contributed by atoms with Crippen LogP contribution in [-0.4, -0.2) is 38.7 Å². The molecule has 3 aromatic rings. The van der Waals surface area contributed by atoms with Crippen LogP contribution in [0.4, 0.5) is 0 Å². The Morgan fingerprint density at radius 1 is 1.00 bits per heavy atom. The third-order valence-electron chi connectivity index (χ3n) is 7.94. The SMILES string of the molecule is Cc1ccc(S[C@]2(C(=O)NC3CC3)CC(=O)N(C3Cc4ccccc4C3)[C@@H]2c2ccc(CO)cc2)cc1. The topological polar surface area (TPSA) is 69.6 Å². The highest BCUT2D eigenvalue weighted by molar-refractivity contribution is 8.01. The van der Waals surface area contributed by atoms with Crippen LogP contribution in [0.25, 0.3) is 0 Å². The van der Waals surface area contributed by atoms with Gasteiger partial charge in [-0.25, -0.2) is 0 Å². The van der Waals surface area contributed by atoms with Crippen molar-refractivity contribution >= 4 is 23.6 Å². The van der Waals surface area contributed by atoms with E-state index in [1.165, 1.54) is 22.9 Å². The first kappa shape index (κ1) is 24.3. The zero-order chi connectivity index (χ0) is 25.6. The second-order valence-electron chi connectivity index (χ2n) is 10.7. The standard InChI is InChI=1S/C31H32N2O3S/c1-20-6-14-27(15-7-20)37-31(30(36)32-25-12-13-25)18-28(35)33(26-16-23-4-2-3-5-24(23)17-26)29(31)22-10-8-21(19-34)9-11-22/h2-11,14-15,25-26,29,34H,12-13,16-19H2,1H3,(H,32,36)/t29-,31-/m1/s1. The Bertz CT molecular complexity index is 1290. The summed E-state index contributed by atoms with van der Waals surface area (Å²) in [4.78, 5) is 31.1. The molecule has 6 rings (SSSR count). The lowest BCUT2D eigenvalue weighted by Crippen LogP contribution is -2.50. The van der Waals surface area contributed by atoms with E-state index in [9.17, 15) is 14.7 Å². The molecule has 0 bridgehead atoms. The van der Waals surface area contributed by atoms with E-state index in [1.54, 1.807) is 0 Å². The minimum atomic E-state index is -0.996. The lowest BCUT2D eigenvalue weighted by Gasteiger charge is -2.39. The molecule has 1 aliphatic heterocycles. The maximum atomic E-state index is 14.2. The molecule has 190 valence electrons. The van der Waals surface area contributed by atoms with Crippen LogP contribution in [0.1, 0.15) is 53.1 Å². The number of hydrogen-bond acceptors (Lipinski definition) is 4. The molecule has 1 saturated heterocycles. The summed E-state index contributed by atoms with van der Waals surface area (Å²) in [6, 6.07) is 24.2. The molecule has 2 amide bonds. The van der Waals surface area contributed by atoms with Gasteiger partial charge in [-0.15, -0.1) is 11.8 Å². The smallest absolute Gasteiger partial charge is 0.239 e. The van der Waals surface area contributed by atoms with Gasteiger partial charge in [-0.2, -0.15) is 0 Å². The Hall–Kier alpha value is -3.09. The van der Waals surface area contributed by atoms with Crippen molar-refractivity contribution in [2.45, 2.75) is 73.4 Å². The molecule has 0 aromatic heterocycles. The van der Waals surface area contributed by atoms with Crippen molar-refractivity contribution in [1.29, 1.82) is 0 Å². The molecule has 1 heterocycles. The van der Waals surface area contributed by atoms with Gasteiger partial charge in [0.2, 0.25) is 11.8 Å². The number of benzene rings is 3. The van der Waals surface area contributed by atoms with Crippen molar-refractivity contribution in [3.63, 3.8) is 0 Å². The molecule has 5 nitrogen and oxygen atoms in total. The number of likely N-dealkylation sites (tertiary alicyclic amines) is 1. The maximum absolute atomic E-state index is 14.2. The van der Waals surface area contributed by atoms with E-state index in [4.69, 9.17) is 0 Å². The van der Waals surface area contributed by atoms with E-state index in [2.05, 4.69) is 53.8 Å². The van der Waals surface area contributed by atoms with Crippen LogP contribution in [0, 0.1) is 6.92 Å². The zero-order valence-electron chi connectivity index (χ0n) is 21.0. The van der Waals surface area contributed by atoms with Gasteiger partial charge >= 0.3 is 0 Å². The largest absolute Gasteiger partial charge is 0.392 e. The first-order valence-corrected chi connectivity index (χ1v) is 13.9. The minimum absolute atomic E-state index is 0.00151. The predicted octanol–water partition coefficient (Wildman–Crippen LogP) is 4.74. The highest BCUT2D eigenvalue weighted by atomic mass is 32.2. The first-order valence-electron chi connectivity index (χ1n) is 13.1. The molecule has 2 atom stereocenters. The third kappa shape index (κ3) is 4.57. The van der Waals surface area contributed by atoms with Crippen molar-refractivity contribution in [2.75, 3.05) is 0 Å². The number of carbonyl (C=O) groups is 2. The molecule has 37 heavy (non-hydrogen) atoms. The summed E-state index contributed by atoms with van der Waals surface area (Å²) >= 11 is 1.52. The molecule has 0 unspecified atom stereocenters. The Kier molecular flexibility index (Phi) is 6.33. The average Bonchev–Trinajstić information content (AvgIpc) is 3.53. The van der Waals surface area contributed by atoms with Crippen LogP contribution in [0.15, 0.2) is 77.7 Å². The first-order chi connectivity index (χ1) is 18.0. The monoisotopic (exact) mass is 512 g/mol. The molecule has 6 heteroatoms. The van der Waals surface area contributed by atoms with Crippen molar-refractivity contribution in [3.8, 4) is 0 Å². The number of rotatable bonds is 7. The highest BCUT2D eigenvalue weighted by Gasteiger charge is 2.60. The Morgan fingerprint density at radius 2 is 1.65 bits per heavy atom. The van der Waals surface area contributed by atoms with Crippen LogP contribution in [0.3, 0.4) is 0 Å². The quantitative estimate of drug-likeness (QED) is 0.480. The van der Waals surface area contributed by atoms with Gasteiger partial charge in [0.05, 0.1) is 19.1 Å². The number of aliphatic hydroxyl groups excluding tert-OH is 1. The fourth-order valence-electron chi connectivity index (χ4n) is 5.86. The maximum Gasteiger partial charge on any atom is 0.239 e. The third-order valence-corrected chi connectivity index (χ3v) is 9.37. The summed E-state index contributed by atoms with van der Waals surface area (Å²) < 4.78 is -0.996. The van der Waals surface area contributed by atoms with Crippen molar-refractivity contribution in [1.82, 2.24) is 10.2 Å². The summed E-state index contributed by atoms with van der Waals surface area (Å²) in [6.07, 6.45) is 3.72. The number of thioether (sulfide) groups is 1.